The summed E-state index contributed by atoms with van der Waals surface area (Å²) in [5, 5.41) is 0. The summed E-state index contributed by atoms with van der Waals surface area (Å²) < 4.78 is 6.24. The van der Waals surface area contributed by atoms with Crippen molar-refractivity contribution in [3.05, 3.63) is 30.3 Å². The van der Waals surface area contributed by atoms with Gasteiger partial charge in [-0.15, -0.1) is 0 Å². The topological polar surface area (TPSA) is 26.3 Å². The molecule has 0 aliphatic heterocycles. The fraction of sp³-hybridized carbons (Fsp3) is 0.611. The predicted octanol–water partition coefficient (Wildman–Crippen LogP) is 4.79. The first-order valence-corrected chi connectivity index (χ1v) is 7.39. The number of para-hydroxylation sites is 1. The van der Waals surface area contributed by atoms with E-state index in [1.165, 1.54) is 0 Å². The molecule has 1 aromatic rings. The SMILES string of the molecule is CCC(C)(C)C([C]=O)(Oc1ccccc1)C(C)(C)CC. The highest BCUT2D eigenvalue weighted by atomic mass is 16.5. The molecule has 111 valence electrons. The molecule has 1 rings (SSSR count). The number of carbonyl (C=O) groups excluding carboxylic acids is 1. The van der Waals surface area contributed by atoms with E-state index in [4.69, 9.17) is 4.74 Å². The Morgan fingerprint density at radius 2 is 1.40 bits per heavy atom. The van der Waals surface area contributed by atoms with E-state index in [0.29, 0.717) is 0 Å². The first-order chi connectivity index (χ1) is 9.26. The molecule has 0 aromatic heterocycles. The lowest BCUT2D eigenvalue weighted by Gasteiger charge is -2.51. The van der Waals surface area contributed by atoms with Crippen LogP contribution in [0.4, 0.5) is 0 Å². The summed E-state index contributed by atoms with van der Waals surface area (Å²) in [6, 6.07) is 9.56. The van der Waals surface area contributed by atoms with E-state index in [1.54, 1.807) is 0 Å². The molecule has 0 aliphatic carbocycles. The van der Waals surface area contributed by atoms with Gasteiger partial charge in [0.15, 0.2) is 5.60 Å². The molecule has 0 heterocycles. The normalized spacial score (nSPS) is 13.1. The lowest BCUT2D eigenvalue weighted by Crippen LogP contribution is -2.60. The van der Waals surface area contributed by atoms with Gasteiger partial charge in [-0.1, -0.05) is 59.7 Å². The number of rotatable bonds is 7. The molecule has 2 nitrogen and oxygen atoms in total. The highest BCUT2D eigenvalue weighted by Crippen LogP contribution is 2.49. The van der Waals surface area contributed by atoms with Crippen LogP contribution >= 0.6 is 0 Å². The van der Waals surface area contributed by atoms with Crippen molar-refractivity contribution < 1.29 is 9.53 Å². The number of benzene rings is 1. The highest BCUT2D eigenvalue weighted by Gasteiger charge is 2.57. The van der Waals surface area contributed by atoms with Gasteiger partial charge in [0.25, 0.3) is 0 Å². The largest absolute Gasteiger partial charge is 0.478 e. The highest BCUT2D eigenvalue weighted by molar-refractivity contribution is 5.67. The van der Waals surface area contributed by atoms with Crippen molar-refractivity contribution in [3.8, 4) is 5.75 Å². The van der Waals surface area contributed by atoms with Crippen molar-refractivity contribution in [2.75, 3.05) is 0 Å². The molecule has 0 saturated carbocycles. The van der Waals surface area contributed by atoms with Crippen molar-refractivity contribution in [2.45, 2.75) is 60.0 Å². The quantitative estimate of drug-likeness (QED) is 0.715. The van der Waals surface area contributed by atoms with Crippen LogP contribution in [-0.2, 0) is 4.79 Å². The molecule has 1 radical (unpaired) electrons. The van der Waals surface area contributed by atoms with Crippen LogP contribution < -0.4 is 4.74 Å². The van der Waals surface area contributed by atoms with Gasteiger partial charge < -0.3 is 4.74 Å². The van der Waals surface area contributed by atoms with Crippen molar-refractivity contribution in [2.24, 2.45) is 10.8 Å². The fourth-order valence-electron chi connectivity index (χ4n) is 2.65. The summed E-state index contributed by atoms with van der Waals surface area (Å²) >= 11 is 0. The minimum absolute atomic E-state index is 0.301. The Balaban J connectivity index is 3.37. The number of hydrogen-bond acceptors (Lipinski definition) is 2. The molecule has 0 fully saturated rings. The van der Waals surface area contributed by atoms with E-state index in [-0.39, 0.29) is 10.8 Å². The van der Waals surface area contributed by atoms with E-state index in [0.717, 1.165) is 18.6 Å². The standard InChI is InChI=1S/C18H27O2/c1-7-16(3,4)18(14-19,17(5,6)8-2)20-15-12-10-9-11-13-15/h9-13H,7-8H2,1-6H3. The monoisotopic (exact) mass is 275 g/mol. The van der Waals surface area contributed by atoms with Crippen LogP contribution in [0.25, 0.3) is 0 Å². The molecule has 0 unspecified atom stereocenters. The molecule has 20 heavy (non-hydrogen) atoms. The van der Waals surface area contributed by atoms with Crippen molar-refractivity contribution >= 4 is 6.29 Å². The molecule has 0 N–H and O–H groups in total. The number of ether oxygens (including phenoxy) is 1. The van der Waals surface area contributed by atoms with E-state index < -0.39 is 5.60 Å². The van der Waals surface area contributed by atoms with E-state index in [2.05, 4.69) is 47.8 Å². The van der Waals surface area contributed by atoms with Gasteiger partial charge in [-0.05, 0) is 25.0 Å². The van der Waals surface area contributed by atoms with Gasteiger partial charge in [0, 0.05) is 10.8 Å². The van der Waals surface area contributed by atoms with Gasteiger partial charge in [-0.25, -0.2) is 0 Å². The van der Waals surface area contributed by atoms with Gasteiger partial charge >= 0.3 is 0 Å². The van der Waals surface area contributed by atoms with Crippen LogP contribution in [-0.4, -0.2) is 11.9 Å². The summed E-state index contributed by atoms with van der Waals surface area (Å²) in [6.07, 6.45) is 3.97. The minimum Gasteiger partial charge on any atom is -0.478 e. The summed E-state index contributed by atoms with van der Waals surface area (Å²) in [4.78, 5) is 12.0. The lowest BCUT2D eigenvalue weighted by atomic mass is 9.59. The Morgan fingerprint density at radius 3 is 1.75 bits per heavy atom. The van der Waals surface area contributed by atoms with Gasteiger partial charge in [0.2, 0.25) is 6.29 Å². The first-order valence-electron chi connectivity index (χ1n) is 7.39. The Kier molecular flexibility index (Phi) is 5.01. The minimum atomic E-state index is -0.967. The van der Waals surface area contributed by atoms with E-state index >= 15 is 0 Å². The van der Waals surface area contributed by atoms with E-state index in [9.17, 15) is 4.79 Å². The maximum Gasteiger partial charge on any atom is 0.247 e. The van der Waals surface area contributed by atoms with Crippen LogP contribution in [0, 0.1) is 10.8 Å². The van der Waals surface area contributed by atoms with E-state index in [1.807, 2.05) is 30.3 Å². The lowest BCUT2D eigenvalue weighted by molar-refractivity contribution is -0.0776. The maximum absolute atomic E-state index is 12.0. The summed E-state index contributed by atoms with van der Waals surface area (Å²) in [5.41, 5.74) is -1.57. The molecule has 0 atom stereocenters. The van der Waals surface area contributed by atoms with Crippen LogP contribution in [0.5, 0.6) is 5.75 Å². The molecule has 0 spiro atoms. The van der Waals surface area contributed by atoms with Crippen molar-refractivity contribution in [1.29, 1.82) is 0 Å². The van der Waals surface area contributed by atoms with Crippen molar-refractivity contribution in [1.82, 2.24) is 0 Å². The van der Waals surface area contributed by atoms with Crippen LogP contribution in [0.2, 0.25) is 0 Å². The fourth-order valence-corrected chi connectivity index (χ4v) is 2.65. The zero-order chi connectivity index (χ0) is 15.4. The molecule has 2 heteroatoms. The van der Waals surface area contributed by atoms with Crippen LogP contribution in [0.3, 0.4) is 0 Å². The Bertz CT molecular complexity index is 416. The third kappa shape index (κ3) is 2.74. The molecule has 0 amide bonds. The van der Waals surface area contributed by atoms with Gasteiger partial charge in [-0.2, -0.15) is 0 Å². The average Bonchev–Trinajstić information content (AvgIpc) is 2.45. The third-order valence-corrected chi connectivity index (χ3v) is 4.83. The summed E-state index contributed by atoms with van der Waals surface area (Å²) in [5.74, 6) is 0.721. The Morgan fingerprint density at radius 1 is 0.950 bits per heavy atom. The van der Waals surface area contributed by atoms with Gasteiger partial charge in [0.1, 0.15) is 5.75 Å². The Hall–Kier alpha value is -1.31. The predicted molar refractivity (Wildman–Crippen MR) is 83.6 cm³/mol. The zero-order valence-electron chi connectivity index (χ0n) is 13.6. The summed E-state index contributed by atoms with van der Waals surface area (Å²) in [6.45, 7) is 12.5. The Labute approximate surface area is 123 Å². The van der Waals surface area contributed by atoms with Crippen molar-refractivity contribution in [3.63, 3.8) is 0 Å². The molecular formula is C18H27O2. The second-order valence-corrected chi connectivity index (χ2v) is 6.67. The zero-order valence-corrected chi connectivity index (χ0v) is 13.6. The summed E-state index contributed by atoms with van der Waals surface area (Å²) in [7, 11) is 0. The second-order valence-electron chi connectivity index (χ2n) is 6.67. The smallest absolute Gasteiger partial charge is 0.247 e. The van der Waals surface area contributed by atoms with Gasteiger partial charge in [-0.3, -0.25) is 4.79 Å². The van der Waals surface area contributed by atoms with Crippen LogP contribution in [0.1, 0.15) is 54.4 Å². The van der Waals surface area contributed by atoms with Gasteiger partial charge in [0.05, 0.1) is 0 Å². The molecule has 0 bridgehead atoms. The third-order valence-electron chi connectivity index (χ3n) is 4.83. The average molecular weight is 275 g/mol. The molecule has 0 saturated heterocycles. The molecule has 1 aromatic carbocycles. The maximum atomic E-state index is 12.0. The molecule has 0 aliphatic rings. The number of hydrogen-bond donors (Lipinski definition) is 0. The second kappa shape index (κ2) is 5.99. The first kappa shape index (κ1) is 16.7. The molecular weight excluding hydrogens is 248 g/mol. The van der Waals surface area contributed by atoms with Crippen LogP contribution in [0.15, 0.2) is 30.3 Å².